The molecule has 1 unspecified atom stereocenters. The van der Waals surface area contributed by atoms with Gasteiger partial charge in [-0.05, 0) is 0 Å². The number of aryl methyl sites for hydroxylation is 1. The second kappa shape index (κ2) is 5.24. The van der Waals surface area contributed by atoms with Crippen molar-refractivity contribution in [2.75, 3.05) is 0 Å². The molecule has 0 aliphatic carbocycles. The summed E-state index contributed by atoms with van der Waals surface area (Å²) in [4.78, 5) is 34.4. The molecule has 0 spiro atoms. The zero-order chi connectivity index (χ0) is 16.9. The molecule has 1 aromatic heterocycles. The summed E-state index contributed by atoms with van der Waals surface area (Å²) >= 11 is 7.58. The van der Waals surface area contributed by atoms with Crippen molar-refractivity contribution in [3.63, 3.8) is 0 Å². The van der Waals surface area contributed by atoms with E-state index in [9.17, 15) is 14.4 Å². The van der Waals surface area contributed by atoms with Crippen molar-refractivity contribution < 1.29 is 24.2 Å². The number of alkyl halides is 1. The van der Waals surface area contributed by atoms with Crippen molar-refractivity contribution in [3.8, 4) is 5.88 Å². The third-order valence-electron chi connectivity index (χ3n) is 3.49. The third kappa shape index (κ3) is 2.29. The molecule has 9 nitrogen and oxygen atoms in total. The summed E-state index contributed by atoms with van der Waals surface area (Å²) in [5.41, 5.74) is 0.163. The highest BCUT2D eigenvalue weighted by molar-refractivity contribution is 8.03. The van der Waals surface area contributed by atoms with Gasteiger partial charge >= 0.3 is 11.9 Å². The Hall–Kier alpha value is -2.07. The van der Waals surface area contributed by atoms with Crippen molar-refractivity contribution in [2.24, 2.45) is 7.05 Å². The Morgan fingerprint density at radius 2 is 2.26 bits per heavy atom. The highest BCUT2D eigenvalue weighted by Crippen LogP contribution is 2.52. The van der Waals surface area contributed by atoms with E-state index in [1.54, 1.807) is 7.05 Å². The number of carbonyl (C=O) groups excluding carboxylic acids is 2. The van der Waals surface area contributed by atoms with Crippen LogP contribution in [0.4, 0.5) is 0 Å². The third-order valence-corrected chi connectivity index (χ3v) is 5.35. The van der Waals surface area contributed by atoms with E-state index in [1.165, 1.54) is 17.0 Å². The van der Waals surface area contributed by atoms with Gasteiger partial charge < -0.3 is 9.84 Å². The maximum atomic E-state index is 12.3. The fraction of sp³-hybridized carbons (Fsp3) is 0.417. The van der Waals surface area contributed by atoms with Crippen molar-refractivity contribution in [1.29, 1.82) is 0 Å². The normalized spacial score (nSPS) is 25.7. The number of rotatable bonds is 4. The number of ether oxygens (including phenoxy) is 1. The van der Waals surface area contributed by atoms with Gasteiger partial charge in [0.05, 0.1) is 0 Å². The number of hydrogen-bond donors (Lipinski definition) is 1. The molecule has 2 aliphatic heterocycles. The molecule has 0 saturated carbocycles. The highest BCUT2D eigenvalue weighted by atomic mass is 35.5. The van der Waals surface area contributed by atoms with Crippen LogP contribution in [0.5, 0.6) is 5.88 Å². The summed E-state index contributed by atoms with van der Waals surface area (Å²) in [7, 11) is 1.54. The minimum atomic E-state index is -1.36. The Kier molecular flexibility index (Phi) is 3.60. The molecule has 23 heavy (non-hydrogen) atoms. The molecule has 122 valence electrons. The lowest BCUT2D eigenvalue weighted by Crippen LogP contribution is -2.68. The number of aromatic nitrogens is 3. The predicted molar refractivity (Wildman–Crippen MR) is 78.5 cm³/mol. The summed E-state index contributed by atoms with van der Waals surface area (Å²) in [6, 6.07) is 0. The van der Waals surface area contributed by atoms with Gasteiger partial charge in [-0.1, -0.05) is 5.21 Å². The molecule has 3 rings (SSSR count). The molecule has 11 heteroatoms. The van der Waals surface area contributed by atoms with E-state index in [4.69, 9.17) is 21.4 Å². The van der Waals surface area contributed by atoms with E-state index in [1.807, 2.05) is 0 Å². The van der Waals surface area contributed by atoms with Crippen LogP contribution in [-0.2, 0) is 27.9 Å². The Morgan fingerprint density at radius 1 is 1.57 bits per heavy atom. The topological polar surface area (TPSA) is 115 Å². The van der Waals surface area contributed by atoms with Crippen LogP contribution in [0.25, 0.3) is 0 Å². The lowest BCUT2D eigenvalue weighted by atomic mass is 9.91. The molecule has 0 bridgehead atoms. The van der Waals surface area contributed by atoms with E-state index < -0.39 is 28.1 Å². The molecular formula is C12H11ClN4O5S. The summed E-state index contributed by atoms with van der Waals surface area (Å²) in [5, 5.41) is 17.5. The number of nitrogens with zero attached hydrogens (tertiary/aromatic N) is 4. The van der Waals surface area contributed by atoms with E-state index in [-0.39, 0.29) is 23.7 Å². The average molecular weight is 359 g/mol. The van der Waals surface area contributed by atoms with Crippen molar-refractivity contribution >= 4 is 41.2 Å². The van der Waals surface area contributed by atoms with Crippen LogP contribution in [0.3, 0.4) is 0 Å². The molecule has 1 amide bonds. The second-order valence-corrected chi connectivity index (χ2v) is 6.70. The molecule has 1 fully saturated rings. The maximum Gasteiger partial charge on any atom is 0.353 e. The Labute approximate surface area is 139 Å². The molecule has 2 aliphatic rings. The minimum Gasteiger partial charge on any atom is -0.477 e. The molecule has 0 aromatic carbocycles. The van der Waals surface area contributed by atoms with E-state index >= 15 is 0 Å². The summed E-state index contributed by atoms with van der Waals surface area (Å²) in [6.07, 6.45) is -0.0290. The molecule has 3 heterocycles. The standard InChI is InChI=1S/C12H11ClN4O5S/c1-5(18)22-8-6(14-15-16(8)2)3-12(13)10(21)17-7(9(19)20)4-23-11(12)17/h4,11H,3H2,1-2H3,(H,19,20)/t11-,12?/m0/s1. The summed E-state index contributed by atoms with van der Waals surface area (Å²) in [5.74, 6) is -2.15. The van der Waals surface area contributed by atoms with Gasteiger partial charge in [-0.25, -0.2) is 9.48 Å². The monoisotopic (exact) mass is 358 g/mol. The lowest BCUT2D eigenvalue weighted by Gasteiger charge is -2.48. The number of carbonyl (C=O) groups is 3. The van der Waals surface area contributed by atoms with Crippen LogP contribution < -0.4 is 4.74 Å². The van der Waals surface area contributed by atoms with Gasteiger partial charge in [-0.3, -0.25) is 14.5 Å². The zero-order valence-electron chi connectivity index (χ0n) is 12.0. The van der Waals surface area contributed by atoms with E-state index in [0.29, 0.717) is 0 Å². The molecule has 1 aromatic rings. The first-order chi connectivity index (χ1) is 10.8. The molecule has 0 radical (unpaired) electrons. The van der Waals surface area contributed by atoms with Crippen molar-refractivity contribution in [2.45, 2.75) is 23.6 Å². The van der Waals surface area contributed by atoms with Gasteiger partial charge in [-0.2, -0.15) is 0 Å². The smallest absolute Gasteiger partial charge is 0.353 e. The van der Waals surface area contributed by atoms with E-state index in [0.717, 1.165) is 16.7 Å². The SMILES string of the molecule is CC(=O)Oc1c(CC2(Cl)C(=O)N3C(C(=O)O)=CS[C@H]32)nnn1C. The zero-order valence-corrected chi connectivity index (χ0v) is 13.6. The molecule has 2 atom stereocenters. The fourth-order valence-electron chi connectivity index (χ4n) is 2.46. The largest absolute Gasteiger partial charge is 0.477 e. The molecule has 1 saturated heterocycles. The van der Waals surface area contributed by atoms with Gasteiger partial charge in [0.25, 0.3) is 5.91 Å². The number of fused-ring (bicyclic) bond motifs is 1. The Morgan fingerprint density at radius 3 is 2.87 bits per heavy atom. The minimum absolute atomic E-state index is 0.0290. The van der Waals surface area contributed by atoms with Gasteiger partial charge in [-0.15, -0.1) is 28.5 Å². The average Bonchev–Trinajstić information content (AvgIpc) is 3.03. The molecular weight excluding hydrogens is 348 g/mol. The van der Waals surface area contributed by atoms with Crippen molar-refractivity contribution in [1.82, 2.24) is 19.9 Å². The summed E-state index contributed by atoms with van der Waals surface area (Å²) in [6.45, 7) is 1.24. The number of aliphatic carboxylic acids is 1. The first-order valence-corrected chi connectivity index (χ1v) is 7.76. The number of thioether (sulfide) groups is 1. The number of hydrogen-bond acceptors (Lipinski definition) is 7. The number of β-lactam (4-membered cyclic amide) rings is 1. The maximum absolute atomic E-state index is 12.3. The van der Waals surface area contributed by atoms with Gasteiger partial charge in [0.2, 0.25) is 5.88 Å². The molecule has 1 N–H and O–H groups in total. The van der Waals surface area contributed by atoms with Crippen LogP contribution in [0.2, 0.25) is 0 Å². The second-order valence-electron chi connectivity index (χ2n) is 5.07. The van der Waals surface area contributed by atoms with Crippen LogP contribution in [0, 0.1) is 0 Å². The number of carboxylic acid groups (broad SMARTS) is 1. The number of carboxylic acids is 1. The Balaban J connectivity index is 1.84. The summed E-state index contributed by atoms with van der Waals surface area (Å²) < 4.78 is 6.30. The predicted octanol–water partition coefficient (Wildman–Crippen LogP) is 0.102. The Bertz CT molecular complexity index is 763. The van der Waals surface area contributed by atoms with Crippen LogP contribution in [-0.4, -0.2) is 53.1 Å². The van der Waals surface area contributed by atoms with Crippen LogP contribution in [0.1, 0.15) is 12.6 Å². The van der Waals surface area contributed by atoms with Gasteiger partial charge in [0.15, 0.2) is 4.87 Å². The fourth-order valence-corrected chi connectivity index (χ4v) is 4.14. The lowest BCUT2D eigenvalue weighted by molar-refractivity contribution is -0.149. The van der Waals surface area contributed by atoms with Crippen LogP contribution in [0.15, 0.2) is 11.1 Å². The van der Waals surface area contributed by atoms with Gasteiger partial charge in [0.1, 0.15) is 16.8 Å². The number of esters is 1. The highest BCUT2D eigenvalue weighted by Gasteiger charge is 2.64. The number of halogens is 1. The first-order valence-electron chi connectivity index (χ1n) is 6.44. The van der Waals surface area contributed by atoms with Gasteiger partial charge in [0, 0.05) is 25.8 Å². The van der Waals surface area contributed by atoms with E-state index in [2.05, 4.69) is 10.3 Å². The quantitative estimate of drug-likeness (QED) is 0.458. The number of amides is 1. The van der Waals surface area contributed by atoms with Crippen LogP contribution >= 0.6 is 23.4 Å². The van der Waals surface area contributed by atoms with Crippen molar-refractivity contribution in [3.05, 3.63) is 16.8 Å². The first kappa shape index (κ1) is 15.8.